The number of nitrogens with zero attached hydrogens (tertiary/aromatic N) is 2. The molecule has 1 aromatic heterocycles. The van der Waals surface area contributed by atoms with Crippen LogP contribution in [0.3, 0.4) is 0 Å². The van der Waals surface area contributed by atoms with Gasteiger partial charge in [0.25, 0.3) is 0 Å². The van der Waals surface area contributed by atoms with E-state index in [0.29, 0.717) is 0 Å². The Balaban J connectivity index is 2.99. The van der Waals surface area contributed by atoms with Crippen LogP contribution in [0.4, 0.5) is 4.79 Å². The number of amides is 1. The molecule has 17 heavy (non-hydrogen) atoms. The van der Waals surface area contributed by atoms with E-state index >= 15 is 0 Å². The second-order valence-corrected chi connectivity index (χ2v) is 3.01. The van der Waals surface area contributed by atoms with Crippen LogP contribution in [0.1, 0.15) is 23.0 Å². The molecule has 0 spiro atoms. The number of aromatic carboxylic acids is 1. The standard InChI is InChI=1S/C10H11N3O4/c1-6(12-13-10(16)17-2)8-7(9(14)15)4-3-5-11-8/h3-5H,1-2H3,(H,13,16)(H,14,15)/b12-6+. The van der Waals surface area contributed by atoms with Gasteiger partial charge in [-0.15, -0.1) is 0 Å². The maximum absolute atomic E-state index is 10.9. The topological polar surface area (TPSA) is 101 Å². The van der Waals surface area contributed by atoms with E-state index in [1.165, 1.54) is 32.4 Å². The number of carboxylic acid groups (broad SMARTS) is 1. The molecule has 0 atom stereocenters. The molecule has 7 nitrogen and oxygen atoms in total. The van der Waals surface area contributed by atoms with Gasteiger partial charge in [0, 0.05) is 6.20 Å². The smallest absolute Gasteiger partial charge is 0.427 e. The minimum atomic E-state index is -1.11. The normalized spacial score (nSPS) is 10.8. The predicted octanol–water partition coefficient (Wildman–Crippen LogP) is 0.860. The number of hydrogen-bond acceptors (Lipinski definition) is 5. The van der Waals surface area contributed by atoms with E-state index in [4.69, 9.17) is 5.11 Å². The minimum Gasteiger partial charge on any atom is -0.478 e. The largest absolute Gasteiger partial charge is 0.478 e. The highest BCUT2D eigenvalue weighted by molar-refractivity contribution is 6.05. The average Bonchev–Trinajstić information content (AvgIpc) is 2.35. The molecule has 0 aliphatic rings. The summed E-state index contributed by atoms with van der Waals surface area (Å²) in [5.74, 6) is -1.11. The second kappa shape index (κ2) is 5.59. The van der Waals surface area contributed by atoms with Crippen molar-refractivity contribution in [2.24, 2.45) is 5.10 Å². The molecule has 1 amide bonds. The Hall–Kier alpha value is -2.44. The Kier molecular flexibility index (Phi) is 4.15. The number of nitrogens with one attached hydrogen (secondary N) is 1. The van der Waals surface area contributed by atoms with Crippen molar-refractivity contribution in [1.29, 1.82) is 0 Å². The third kappa shape index (κ3) is 3.26. The molecule has 90 valence electrons. The van der Waals surface area contributed by atoms with E-state index < -0.39 is 12.1 Å². The van der Waals surface area contributed by atoms with Gasteiger partial charge in [-0.05, 0) is 19.1 Å². The van der Waals surface area contributed by atoms with Gasteiger partial charge >= 0.3 is 12.1 Å². The molecule has 0 bridgehead atoms. The van der Waals surface area contributed by atoms with Crippen LogP contribution in [-0.2, 0) is 4.74 Å². The van der Waals surface area contributed by atoms with Gasteiger partial charge < -0.3 is 9.84 Å². The van der Waals surface area contributed by atoms with Gasteiger partial charge in [0.15, 0.2) is 0 Å². The first kappa shape index (κ1) is 12.6. The minimum absolute atomic E-state index is 0.0143. The van der Waals surface area contributed by atoms with Gasteiger partial charge in [-0.1, -0.05) is 0 Å². The Morgan fingerprint density at radius 3 is 2.82 bits per heavy atom. The highest BCUT2D eigenvalue weighted by atomic mass is 16.5. The van der Waals surface area contributed by atoms with Crippen LogP contribution >= 0.6 is 0 Å². The fourth-order valence-electron chi connectivity index (χ4n) is 1.09. The number of carbonyl (C=O) groups excluding carboxylic acids is 1. The van der Waals surface area contributed by atoms with E-state index in [-0.39, 0.29) is 17.0 Å². The van der Waals surface area contributed by atoms with E-state index in [2.05, 4.69) is 20.2 Å². The summed E-state index contributed by atoms with van der Waals surface area (Å²) >= 11 is 0. The van der Waals surface area contributed by atoms with Crippen LogP contribution in [0.2, 0.25) is 0 Å². The molecule has 0 aromatic carbocycles. The number of carboxylic acids is 1. The zero-order valence-electron chi connectivity index (χ0n) is 9.30. The number of hydrogen-bond donors (Lipinski definition) is 2. The summed E-state index contributed by atoms with van der Waals surface area (Å²) in [7, 11) is 1.20. The number of aromatic nitrogens is 1. The van der Waals surface area contributed by atoms with Crippen LogP contribution in [0.5, 0.6) is 0 Å². The lowest BCUT2D eigenvalue weighted by Crippen LogP contribution is -2.20. The van der Waals surface area contributed by atoms with Crippen LogP contribution in [-0.4, -0.2) is 35.0 Å². The SMILES string of the molecule is COC(=O)N/N=C(\C)c1ncccc1C(=O)O. The van der Waals surface area contributed by atoms with E-state index in [9.17, 15) is 9.59 Å². The second-order valence-electron chi connectivity index (χ2n) is 3.01. The van der Waals surface area contributed by atoms with Gasteiger partial charge in [0.2, 0.25) is 0 Å². The molecular weight excluding hydrogens is 226 g/mol. The summed E-state index contributed by atoms with van der Waals surface area (Å²) in [5, 5.41) is 12.6. The maximum atomic E-state index is 10.9. The number of pyridine rings is 1. The zero-order valence-corrected chi connectivity index (χ0v) is 9.30. The number of hydrazone groups is 1. The number of carbonyl (C=O) groups is 2. The van der Waals surface area contributed by atoms with Crippen LogP contribution in [0.15, 0.2) is 23.4 Å². The summed E-state index contributed by atoms with van der Waals surface area (Å²) < 4.78 is 4.32. The summed E-state index contributed by atoms with van der Waals surface area (Å²) in [6, 6.07) is 2.91. The fraction of sp³-hybridized carbons (Fsp3) is 0.200. The molecule has 2 N–H and O–H groups in total. The zero-order chi connectivity index (χ0) is 12.8. The Morgan fingerprint density at radius 1 is 1.53 bits per heavy atom. The van der Waals surface area contributed by atoms with Crippen LogP contribution in [0.25, 0.3) is 0 Å². The van der Waals surface area contributed by atoms with E-state index in [0.717, 1.165) is 0 Å². The first-order valence-corrected chi connectivity index (χ1v) is 4.63. The first-order valence-electron chi connectivity index (χ1n) is 4.63. The Morgan fingerprint density at radius 2 is 2.24 bits per heavy atom. The lowest BCUT2D eigenvalue weighted by Gasteiger charge is -2.04. The Labute approximate surface area is 97.1 Å². The molecule has 0 aliphatic heterocycles. The van der Waals surface area contributed by atoms with Gasteiger partial charge in [0.05, 0.1) is 18.4 Å². The van der Waals surface area contributed by atoms with Gasteiger partial charge in [-0.2, -0.15) is 5.10 Å². The fourth-order valence-corrected chi connectivity index (χ4v) is 1.09. The van der Waals surface area contributed by atoms with Crippen molar-refractivity contribution in [1.82, 2.24) is 10.4 Å². The maximum Gasteiger partial charge on any atom is 0.427 e. The van der Waals surface area contributed by atoms with Crippen molar-refractivity contribution in [2.45, 2.75) is 6.92 Å². The summed E-state index contributed by atoms with van der Waals surface area (Å²) in [6.45, 7) is 1.53. The monoisotopic (exact) mass is 237 g/mol. The average molecular weight is 237 g/mol. The van der Waals surface area contributed by atoms with Crippen molar-refractivity contribution in [2.75, 3.05) is 7.11 Å². The van der Waals surface area contributed by atoms with Crippen LogP contribution in [0, 0.1) is 0 Å². The van der Waals surface area contributed by atoms with E-state index in [1.807, 2.05) is 0 Å². The molecule has 0 aliphatic carbocycles. The molecule has 1 heterocycles. The lowest BCUT2D eigenvalue weighted by atomic mass is 10.1. The van der Waals surface area contributed by atoms with Crippen molar-refractivity contribution >= 4 is 17.8 Å². The van der Waals surface area contributed by atoms with Gasteiger partial charge in [-0.25, -0.2) is 15.0 Å². The van der Waals surface area contributed by atoms with E-state index in [1.54, 1.807) is 0 Å². The number of rotatable bonds is 3. The Bertz CT molecular complexity index is 470. The van der Waals surface area contributed by atoms with Gasteiger partial charge in [0.1, 0.15) is 5.69 Å². The number of methoxy groups -OCH3 is 1. The third-order valence-electron chi connectivity index (χ3n) is 1.88. The molecule has 0 radical (unpaired) electrons. The van der Waals surface area contributed by atoms with Gasteiger partial charge in [-0.3, -0.25) is 4.98 Å². The highest BCUT2D eigenvalue weighted by Crippen LogP contribution is 2.06. The van der Waals surface area contributed by atoms with Crippen molar-refractivity contribution in [3.8, 4) is 0 Å². The lowest BCUT2D eigenvalue weighted by molar-refractivity contribution is 0.0696. The van der Waals surface area contributed by atoms with Crippen LogP contribution < -0.4 is 5.43 Å². The third-order valence-corrected chi connectivity index (χ3v) is 1.88. The van der Waals surface area contributed by atoms with Crippen molar-refractivity contribution in [3.05, 3.63) is 29.6 Å². The first-order chi connectivity index (χ1) is 8.06. The van der Waals surface area contributed by atoms with Crippen molar-refractivity contribution < 1.29 is 19.4 Å². The predicted molar refractivity (Wildman–Crippen MR) is 58.9 cm³/mol. The molecule has 0 fully saturated rings. The molecule has 7 heteroatoms. The number of ether oxygens (including phenoxy) is 1. The highest BCUT2D eigenvalue weighted by Gasteiger charge is 2.13. The molecule has 1 aromatic rings. The summed E-state index contributed by atoms with van der Waals surface area (Å²) in [4.78, 5) is 25.6. The molecule has 0 saturated carbocycles. The molecule has 1 rings (SSSR count). The summed E-state index contributed by atoms with van der Waals surface area (Å²) in [6.07, 6.45) is 0.705. The summed E-state index contributed by atoms with van der Waals surface area (Å²) in [5.41, 5.74) is 2.57. The molecular formula is C10H11N3O4. The van der Waals surface area contributed by atoms with Crippen molar-refractivity contribution in [3.63, 3.8) is 0 Å². The molecule has 0 saturated heterocycles. The molecule has 0 unspecified atom stereocenters. The quantitative estimate of drug-likeness (QED) is 0.599.